The lowest BCUT2D eigenvalue weighted by Gasteiger charge is -2.20. The largest absolute Gasteiger partial charge is 0.492 e. The number of rotatable bonds is 7. The number of hydrogen-bond acceptors (Lipinski definition) is 3. The first-order valence-corrected chi connectivity index (χ1v) is 8.58. The Kier molecular flexibility index (Phi) is 5.88. The summed E-state index contributed by atoms with van der Waals surface area (Å²) in [7, 11) is 1.79. The summed E-state index contributed by atoms with van der Waals surface area (Å²) in [6.45, 7) is 0.952. The molecule has 132 valence electrons. The van der Waals surface area contributed by atoms with Gasteiger partial charge in [0.25, 0.3) is 5.91 Å². The molecule has 0 aromatic heterocycles. The number of likely N-dealkylation sites (N-methyl/N-ethyl adjacent to an activating group) is 1. The van der Waals surface area contributed by atoms with Crippen molar-refractivity contribution in [2.45, 2.75) is 0 Å². The highest BCUT2D eigenvalue weighted by molar-refractivity contribution is 6.00. The predicted molar refractivity (Wildman–Crippen MR) is 105 cm³/mol. The Balaban J connectivity index is 1.63. The van der Waals surface area contributed by atoms with E-state index < -0.39 is 0 Å². The smallest absolute Gasteiger partial charge is 0.255 e. The Hall–Kier alpha value is -3.27. The molecule has 4 heteroatoms. The normalized spacial score (nSPS) is 10.2. The van der Waals surface area contributed by atoms with Crippen LogP contribution >= 0.6 is 0 Å². The second-order valence-corrected chi connectivity index (χ2v) is 5.92. The van der Waals surface area contributed by atoms with Gasteiger partial charge in [0.05, 0.1) is 17.8 Å². The number of amides is 1. The first-order valence-electron chi connectivity index (χ1n) is 8.58. The summed E-state index contributed by atoms with van der Waals surface area (Å²) >= 11 is 0. The maximum atomic E-state index is 12.8. The van der Waals surface area contributed by atoms with Crippen molar-refractivity contribution in [3.8, 4) is 5.75 Å². The molecule has 0 fully saturated rings. The molecule has 0 saturated heterocycles. The minimum absolute atomic E-state index is 0.0410. The monoisotopic (exact) mass is 346 g/mol. The van der Waals surface area contributed by atoms with E-state index in [9.17, 15) is 4.79 Å². The van der Waals surface area contributed by atoms with E-state index in [1.807, 2.05) is 84.9 Å². The van der Waals surface area contributed by atoms with Crippen LogP contribution < -0.4 is 10.1 Å². The molecule has 1 N–H and O–H groups in total. The molecule has 1 amide bonds. The Morgan fingerprint density at radius 2 is 1.50 bits per heavy atom. The van der Waals surface area contributed by atoms with Crippen LogP contribution in [-0.2, 0) is 0 Å². The molecule has 0 bridgehead atoms. The van der Waals surface area contributed by atoms with Crippen LogP contribution in [0.5, 0.6) is 5.75 Å². The number of para-hydroxylation sites is 3. The number of carbonyl (C=O) groups is 1. The first kappa shape index (κ1) is 17.5. The second-order valence-electron chi connectivity index (χ2n) is 5.92. The summed E-state index contributed by atoms with van der Waals surface area (Å²) in [4.78, 5) is 14.5. The number of anilines is 2. The fourth-order valence-corrected chi connectivity index (χ4v) is 2.58. The topological polar surface area (TPSA) is 41.6 Å². The van der Waals surface area contributed by atoms with Gasteiger partial charge >= 0.3 is 0 Å². The standard InChI is InChI=1S/C22H22N2O2/c1-24(16-17-26-19-12-6-3-7-13-19)22(25)20-14-8-9-15-21(20)23-18-10-4-2-5-11-18/h2-15,23H,16-17H2,1H3. The summed E-state index contributed by atoms with van der Waals surface area (Å²) in [5.74, 6) is 0.764. The molecular formula is C22H22N2O2. The number of benzene rings is 3. The second kappa shape index (κ2) is 8.72. The fourth-order valence-electron chi connectivity index (χ4n) is 2.58. The molecule has 0 spiro atoms. The van der Waals surface area contributed by atoms with Crippen LogP contribution in [0.15, 0.2) is 84.9 Å². The minimum Gasteiger partial charge on any atom is -0.492 e. The number of hydrogen-bond donors (Lipinski definition) is 1. The minimum atomic E-state index is -0.0410. The van der Waals surface area contributed by atoms with Gasteiger partial charge in [-0.15, -0.1) is 0 Å². The summed E-state index contributed by atoms with van der Waals surface area (Å²) in [6.07, 6.45) is 0. The molecule has 0 aliphatic rings. The molecule has 4 nitrogen and oxygen atoms in total. The number of nitrogens with one attached hydrogen (secondary N) is 1. The maximum Gasteiger partial charge on any atom is 0.255 e. The van der Waals surface area contributed by atoms with Gasteiger partial charge in [-0.05, 0) is 36.4 Å². The van der Waals surface area contributed by atoms with Crippen LogP contribution in [0, 0.1) is 0 Å². The van der Waals surface area contributed by atoms with E-state index >= 15 is 0 Å². The molecular weight excluding hydrogens is 324 g/mol. The maximum absolute atomic E-state index is 12.8. The van der Waals surface area contributed by atoms with Crippen molar-refractivity contribution in [2.24, 2.45) is 0 Å². The summed E-state index contributed by atoms with van der Waals surface area (Å²) < 4.78 is 5.68. The van der Waals surface area contributed by atoms with Gasteiger partial charge in [-0.2, -0.15) is 0 Å². The predicted octanol–water partition coefficient (Wildman–Crippen LogP) is 4.58. The zero-order valence-corrected chi connectivity index (χ0v) is 14.8. The Labute approximate surface area is 154 Å². The molecule has 0 aliphatic heterocycles. The van der Waals surface area contributed by atoms with Gasteiger partial charge in [-0.1, -0.05) is 48.5 Å². The van der Waals surface area contributed by atoms with Crippen LogP contribution in [0.2, 0.25) is 0 Å². The lowest BCUT2D eigenvalue weighted by Crippen LogP contribution is -2.31. The molecule has 26 heavy (non-hydrogen) atoms. The Morgan fingerprint density at radius 3 is 2.23 bits per heavy atom. The Bertz CT molecular complexity index is 835. The van der Waals surface area contributed by atoms with Crippen LogP contribution in [0.4, 0.5) is 11.4 Å². The van der Waals surface area contributed by atoms with Crippen molar-refractivity contribution in [3.63, 3.8) is 0 Å². The highest BCUT2D eigenvalue weighted by Gasteiger charge is 2.15. The number of carbonyl (C=O) groups excluding carboxylic acids is 1. The van der Waals surface area contributed by atoms with E-state index in [0.717, 1.165) is 17.1 Å². The molecule has 0 radical (unpaired) electrons. The van der Waals surface area contributed by atoms with Gasteiger partial charge in [0, 0.05) is 12.7 Å². The average Bonchev–Trinajstić information content (AvgIpc) is 2.69. The summed E-state index contributed by atoms with van der Waals surface area (Å²) in [5, 5.41) is 3.31. The van der Waals surface area contributed by atoms with E-state index in [4.69, 9.17) is 4.74 Å². The van der Waals surface area contributed by atoms with Crippen molar-refractivity contribution < 1.29 is 9.53 Å². The third kappa shape index (κ3) is 4.63. The van der Waals surface area contributed by atoms with E-state index in [1.54, 1.807) is 11.9 Å². The van der Waals surface area contributed by atoms with Crippen molar-refractivity contribution in [3.05, 3.63) is 90.5 Å². The SMILES string of the molecule is CN(CCOc1ccccc1)C(=O)c1ccccc1Nc1ccccc1. The number of nitrogens with zero attached hydrogens (tertiary/aromatic N) is 1. The highest BCUT2D eigenvalue weighted by Crippen LogP contribution is 2.21. The lowest BCUT2D eigenvalue weighted by molar-refractivity contribution is 0.0775. The zero-order chi connectivity index (χ0) is 18.2. The van der Waals surface area contributed by atoms with Crippen LogP contribution in [0.25, 0.3) is 0 Å². The van der Waals surface area contributed by atoms with Gasteiger partial charge in [0.1, 0.15) is 12.4 Å². The fraction of sp³-hybridized carbons (Fsp3) is 0.136. The zero-order valence-electron chi connectivity index (χ0n) is 14.8. The molecule has 0 atom stereocenters. The van der Waals surface area contributed by atoms with Crippen LogP contribution in [0.3, 0.4) is 0 Å². The lowest BCUT2D eigenvalue weighted by atomic mass is 10.1. The molecule has 0 aliphatic carbocycles. The van der Waals surface area contributed by atoms with Crippen molar-refractivity contribution in [2.75, 3.05) is 25.5 Å². The van der Waals surface area contributed by atoms with E-state index in [0.29, 0.717) is 18.7 Å². The van der Waals surface area contributed by atoms with Crippen molar-refractivity contribution in [1.29, 1.82) is 0 Å². The molecule has 3 aromatic rings. The van der Waals surface area contributed by atoms with Crippen LogP contribution in [0.1, 0.15) is 10.4 Å². The van der Waals surface area contributed by atoms with Crippen molar-refractivity contribution >= 4 is 17.3 Å². The molecule has 3 rings (SSSR count). The average molecular weight is 346 g/mol. The van der Waals surface area contributed by atoms with Gasteiger partial charge in [0.2, 0.25) is 0 Å². The molecule has 3 aromatic carbocycles. The molecule has 0 heterocycles. The highest BCUT2D eigenvalue weighted by atomic mass is 16.5. The van der Waals surface area contributed by atoms with E-state index in [2.05, 4.69) is 5.32 Å². The van der Waals surface area contributed by atoms with Gasteiger partial charge < -0.3 is 15.0 Å². The van der Waals surface area contributed by atoms with E-state index in [-0.39, 0.29) is 5.91 Å². The summed E-state index contributed by atoms with van der Waals surface area (Å²) in [5.41, 5.74) is 2.38. The summed E-state index contributed by atoms with van der Waals surface area (Å²) in [6, 6.07) is 27.0. The third-order valence-corrected chi connectivity index (χ3v) is 4.00. The molecule has 0 unspecified atom stereocenters. The van der Waals surface area contributed by atoms with Crippen LogP contribution in [-0.4, -0.2) is 31.0 Å². The van der Waals surface area contributed by atoms with E-state index in [1.165, 1.54) is 0 Å². The molecule has 0 saturated carbocycles. The third-order valence-electron chi connectivity index (χ3n) is 4.00. The van der Waals surface area contributed by atoms with Gasteiger partial charge in [-0.25, -0.2) is 0 Å². The van der Waals surface area contributed by atoms with Gasteiger partial charge in [-0.3, -0.25) is 4.79 Å². The number of ether oxygens (including phenoxy) is 1. The Morgan fingerprint density at radius 1 is 0.885 bits per heavy atom. The quantitative estimate of drug-likeness (QED) is 0.681. The van der Waals surface area contributed by atoms with Crippen molar-refractivity contribution in [1.82, 2.24) is 4.90 Å². The van der Waals surface area contributed by atoms with Gasteiger partial charge in [0.15, 0.2) is 0 Å². The first-order chi connectivity index (χ1) is 12.7.